The topological polar surface area (TPSA) is 79.1 Å². The molecule has 28 heavy (non-hydrogen) atoms. The molecule has 0 bridgehead atoms. The van der Waals surface area contributed by atoms with Crippen LogP contribution >= 0.6 is 0 Å². The Labute approximate surface area is 169 Å². The van der Waals surface area contributed by atoms with Crippen LogP contribution < -0.4 is 5.73 Å². The van der Waals surface area contributed by atoms with Gasteiger partial charge in [-0.15, -0.1) is 0 Å². The van der Waals surface area contributed by atoms with Gasteiger partial charge in [0.05, 0.1) is 12.6 Å². The van der Waals surface area contributed by atoms with Crippen LogP contribution in [0.1, 0.15) is 52.9 Å². The Morgan fingerprint density at radius 1 is 0.964 bits per heavy atom. The molecule has 2 saturated heterocycles. The molecular formula is C21H38N4O3. The van der Waals surface area contributed by atoms with Gasteiger partial charge in [-0.25, -0.2) is 0 Å². The Morgan fingerprint density at radius 3 is 2.11 bits per heavy atom. The van der Waals surface area contributed by atoms with Gasteiger partial charge in [-0.05, 0) is 19.8 Å². The van der Waals surface area contributed by atoms with Crippen LogP contribution in [0.2, 0.25) is 0 Å². The van der Waals surface area contributed by atoms with Gasteiger partial charge in [0.2, 0.25) is 11.8 Å². The predicted octanol–water partition coefficient (Wildman–Crippen LogP) is 1.07. The van der Waals surface area contributed by atoms with Crippen LogP contribution in [0.5, 0.6) is 0 Å². The third-order valence-electron chi connectivity index (χ3n) is 7.19. The monoisotopic (exact) mass is 394 g/mol. The van der Waals surface area contributed by atoms with Crippen LogP contribution in [0.3, 0.4) is 0 Å². The minimum atomic E-state index is -0.850. The largest absolute Gasteiger partial charge is 0.378 e. The molecule has 2 N–H and O–H groups in total. The highest BCUT2D eigenvalue weighted by molar-refractivity contribution is 5.89. The highest BCUT2D eigenvalue weighted by Crippen LogP contribution is 2.50. The number of ether oxygens (including phenoxy) is 1. The number of piperazine rings is 1. The zero-order valence-corrected chi connectivity index (χ0v) is 17.9. The van der Waals surface area contributed by atoms with Gasteiger partial charge in [-0.2, -0.15) is 0 Å². The van der Waals surface area contributed by atoms with Crippen LogP contribution in [-0.4, -0.2) is 90.6 Å². The molecule has 3 rings (SSSR count). The van der Waals surface area contributed by atoms with Crippen molar-refractivity contribution in [2.24, 2.45) is 11.1 Å². The third kappa shape index (κ3) is 4.07. The van der Waals surface area contributed by atoms with E-state index >= 15 is 0 Å². The van der Waals surface area contributed by atoms with Crippen molar-refractivity contribution in [3.05, 3.63) is 0 Å². The molecule has 7 nitrogen and oxygen atoms in total. The second-order valence-electron chi connectivity index (χ2n) is 9.20. The van der Waals surface area contributed by atoms with E-state index in [9.17, 15) is 9.59 Å². The average molecular weight is 395 g/mol. The molecule has 160 valence electrons. The minimum Gasteiger partial charge on any atom is -0.378 e. The van der Waals surface area contributed by atoms with E-state index in [1.807, 2.05) is 30.6 Å². The van der Waals surface area contributed by atoms with Gasteiger partial charge < -0.3 is 20.3 Å². The van der Waals surface area contributed by atoms with E-state index in [1.54, 1.807) is 0 Å². The zero-order valence-electron chi connectivity index (χ0n) is 17.9. The molecule has 2 amide bonds. The van der Waals surface area contributed by atoms with Crippen LogP contribution in [0, 0.1) is 5.41 Å². The van der Waals surface area contributed by atoms with Gasteiger partial charge in [0.25, 0.3) is 0 Å². The fourth-order valence-electron chi connectivity index (χ4n) is 4.80. The van der Waals surface area contributed by atoms with Gasteiger partial charge in [0, 0.05) is 57.7 Å². The predicted molar refractivity (Wildman–Crippen MR) is 109 cm³/mol. The smallest absolute Gasteiger partial charge is 0.243 e. The lowest BCUT2D eigenvalue weighted by Gasteiger charge is -2.59. The molecule has 2 atom stereocenters. The summed E-state index contributed by atoms with van der Waals surface area (Å²) in [6.07, 6.45) is 5.31. The molecule has 0 aromatic rings. The Balaban J connectivity index is 1.48. The summed E-state index contributed by atoms with van der Waals surface area (Å²) in [6.45, 7) is 11.7. The molecule has 1 saturated carbocycles. The molecule has 1 aliphatic carbocycles. The van der Waals surface area contributed by atoms with E-state index in [2.05, 4.69) is 4.90 Å². The first-order valence-corrected chi connectivity index (χ1v) is 11.0. The van der Waals surface area contributed by atoms with Crippen LogP contribution in [0.15, 0.2) is 0 Å². The molecule has 2 heterocycles. The van der Waals surface area contributed by atoms with Crippen molar-refractivity contribution in [2.75, 3.05) is 52.4 Å². The van der Waals surface area contributed by atoms with E-state index in [1.165, 1.54) is 12.8 Å². The summed E-state index contributed by atoms with van der Waals surface area (Å²) in [4.78, 5) is 31.8. The lowest BCUT2D eigenvalue weighted by atomic mass is 9.54. The maximum atomic E-state index is 13.1. The highest BCUT2D eigenvalue weighted by Gasteiger charge is 2.63. The van der Waals surface area contributed by atoms with Crippen molar-refractivity contribution in [1.82, 2.24) is 14.7 Å². The van der Waals surface area contributed by atoms with E-state index in [0.29, 0.717) is 32.7 Å². The van der Waals surface area contributed by atoms with Crippen molar-refractivity contribution in [3.63, 3.8) is 0 Å². The molecule has 0 radical (unpaired) electrons. The summed E-state index contributed by atoms with van der Waals surface area (Å²) >= 11 is 0. The van der Waals surface area contributed by atoms with Gasteiger partial charge in [0.15, 0.2) is 0 Å². The van der Waals surface area contributed by atoms with E-state index in [0.717, 1.165) is 39.0 Å². The first kappa shape index (κ1) is 21.5. The SMILES string of the molecule is CCOC1CC(N)(C(=O)N2CCN(CC(=O)N3CCCCCC3)CC2)C1(C)C. The second-order valence-corrected chi connectivity index (χ2v) is 9.20. The van der Waals surface area contributed by atoms with Crippen LogP contribution in [0.25, 0.3) is 0 Å². The maximum absolute atomic E-state index is 13.1. The number of carbonyl (C=O) groups is 2. The summed E-state index contributed by atoms with van der Waals surface area (Å²) in [7, 11) is 0. The second kappa shape index (κ2) is 8.67. The number of hydrogen-bond donors (Lipinski definition) is 1. The maximum Gasteiger partial charge on any atom is 0.243 e. The van der Waals surface area contributed by atoms with E-state index in [4.69, 9.17) is 10.5 Å². The number of nitrogens with two attached hydrogens (primary N) is 1. The third-order valence-corrected chi connectivity index (χ3v) is 7.19. The number of carbonyl (C=O) groups excluding carboxylic acids is 2. The molecule has 0 aromatic heterocycles. The molecule has 2 aliphatic heterocycles. The van der Waals surface area contributed by atoms with Crippen LogP contribution in [-0.2, 0) is 14.3 Å². The molecule has 3 aliphatic rings. The number of rotatable bonds is 5. The van der Waals surface area contributed by atoms with Gasteiger partial charge in [-0.3, -0.25) is 14.5 Å². The van der Waals surface area contributed by atoms with Crippen molar-refractivity contribution in [3.8, 4) is 0 Å². The average Bonchev–Trinajstić information content (AvgIpc) is 2.97. The summed E-state index contributed by atoms with van der Waals surface area (Å²) in [6, 6.07) is 0. The van der Waals surface area contributed by atoms with Gasteiger partial charge in [-0.1, -0.05) is 26.7 Å². The van der Waals surface area contributed by atoms with Gasteiger partial charge >= 0.3 is 0 Å². The lowest BCUT2D eigenvalue weighted by molar-refractivity contribution is -0.180. The molecule has 2 unspecified atom stereocenters. The number of amides is 2. The summed E-state index contributed by atoms with van der Waals surface area (Å²) in [5.74, 6) is 0.267. The Kier molecular flexibility index (Phi) is 6.67. The Morgan fingerprint density at radius 2 is 1.57 bits per heavy atom. The number of hydrogen-bond acceptors (Lipinski definition) is 5. The quantitative estimate of drug-likeness (QED) is 0.754. The van der Waals surface area contributed by atoms with Gasteiger partial charge in [0.1, 0.15) is 5.54 Å². The van der Waals surface area contributed by atoms with Crippen LogP contribution in [0.4, 0.5) is 0 Å². The molecule has 0 spiro atoms. The minimum absolute atomic E-state index is 0.0342. The van der Waals surface area contributed by atoms with Crippen molar-refractivity contribution in [1.29, 1.82) is 0 Å². The zero-order chi connectivity index (χ0) is 20.4. The molecule has 0 aromatic carbocycles. The summed E-state index contributed by atoms with van der Waals surface area (Å²) in [5, 5.41) is 0. The first-order valence-electron chi connectivity index (χ1n) is 11.0. The number of nitrogens with zero attached hydrogens (tertiary/aromatic N) is 3. The standard InChI is InChI=1S/C21H38N4O3/c1-4-28-17-15-21(22,20(17,2)3)19(27)25-13-11-23(12-14-25)16-18(26)24-9-7-5-6-8-10-24/h17H,4-16,22H2,1-3H3. The van der Waals surface area contributed by atoms with Crippen molar-refractivity contribution < 1.29 is 14.3 Å². The number of likely N-dealkylation sites (tertiary alicyclic amines) is 1. The van der Waals surface area contributed by atoms with E-state index in [-0.39, 0.29) is 23.3 Å². The Bertz CT molecular complexity index is 566. The molecule has 7 heteroatoms. The first-order chi connectivity index (χ1) is 13.3. The van der Waals surface area contributed by atoms with Crippen molar-refractivity contribution >= 4 is 11.8 Å². The normalized spacial score (nSPS) is 31.2. The fraction of sp³-hybridized carbons (Fsp3) is 0.905. The van der Waals surface area contributed by atoms with Crippen molar-refractivity contribution in [2.45, 2.75) is 64.5 Å². The fourth-order valence-corrected chi connectivity index (χ4v) is 4.80. The summed E-state index contributed by atoms with van der Waals surface area (Å²) < 4.78 is 5.75. The molecule has 3 fully saturated rings. The molecular weight excluding hydrogens is 356 g/mol. The summed E-state index contributed by atoms with van der Waals surface area (Å²) in [5.41, 5.74) is 5.35. The highest BCUT2D eigenvalue weighted by atomic mass is 16.5. The lowest BCUT2D eigenvalue weighted by Crippen LogP contribution is -2.76. The van der Waals surface area contributed by atoms with E-state index < -0.39 is 5.54 Å². The Hall–Kier alpha value is -1.18.